The molecule has 0 heterocycles. The Morgan fingerprint density at radius 3 is 1.57 bits per heavy atom. The number of alkyl halides is 2. The summed E-state index contributed by atoms with van der Waals surface area (Å²) in [7, 11) is 0. The molecule has 40 valence electrons. The van der Waals surface area contributed by atoms with Crippen LogP contribution in [0.25, 0.3) is 0 Å². The molecule has 0 aliphatic rings. The smallest absolute Gasteiger partial charge is 0.115 e. The largest absolute Gasteiger partial charge is 0.561 e. The van der Waals surface area contributed by atoms with Gasteiger partial charge in [-0.2, -0.15) is 6.61 Å². The second-order valence-electron chi connectivity index (χ2n) is 0.717. The Kier molecular flexibility index (Phi) is 6.36. The van der Waals surface area contributed by atoms with Gasteiger partial charge in [-0.05, 0) is 0 Å². The second-order valence-corrected chi connectivity index (χ2v) is 2.06. The summed E-state index contributed by atoms with van der Waals surface area (Å²) < 4.78 is -2.08. The molecule has 5 heteroatoms. The summed E-state index contributed by atoms with van der Waals surface area (Å²) in [5.41, 5.74) is 0. The first-order chi connectivity index (χ1) is 2.56. The van der Waals surface area contributed by atoms with E-state index in [1.165, 1.54) is 0 Å². The van der Waals surface area contributed by atoms with Crippen molar-refractivity contribution < 1.29 is 29.7 Å². The molecule has 0 amide bonds. The predicted molar refractivity (Wildman–Crippen MR) is 22.9 cm³/mol. The number of aliphatic hydroxyl groups is 2. The average Bonchev–Trinajstić information content (AvgIpc) is 1.35. The molecule has 0 atom stereocenters. The van der Waals surface area contributed by atoms with Gasteiger partial charge in [0.05, 0.1) is 0 Å². The van der Waals surface area contributed by atoms with Gasteiger partial charge in [0.15, 0.2) is 0 Å². The first kappa shape index (κ1) is 11.0. The topological polar surface area (TPSA) is 40.5 Å². The molecule has 0 radical (unpaired) electrons. The summed E-state index contributed by atoms with van der Waals surface area (Å²) in [4.78, 5) is 0. The van der Waals surface area contributed by atoms with Gasteiger partial charge >= 0.3 is 0 Å². The van der Waals surface area contributed by atoms with Crippen LogP contribution in [0.5, 0.6) is 0 Å². The Bertz CT molecular complexity index is 43.4. The van der Waals surface area contributed by atoms with Crippen LogP contribution in [-0.4, -0.2) is 14.7 Å². The zero-order valence-corrected chi connectivity index (χ0v) is 7.91. The van der Waals surface area contributed by atoms with Crippen LogP contribution in [0.4, 0.5) is 0 Å². The van der Waals surface area contributed by atoms with E-state index >= 15 is 0 Å². The Balaban J connectivity index is 0. The van der Waals surface area contributed by atoms with E-state index in [4.69, 9.17) is 33.4 Å². The van der Waals surface area contributed by atoms with Crippen LogP contribution in [0.1, 0.15) is 0 Å². The summed E-state index contributed by atoms with van der Waals surface area (Å²) in [5, 5.41) is 15.8. The number of aliphatic hydroxyl groups excluding tert-OH is 1. The molecule has 0 aliphatic carbocycles. The number of halogens is 2. The predicted octanol–water partition coefficient (Wildman–Crippen LogP) is 0.642. The minimum atomic E-state index is -2.08. The van der Waals surface area contributed by atoms with Gasteiger partial charge in [0.2, 0.25) is 0 Å². The van der Waals surface area contributed by atoms with Crippen LogP contribution in [0.3, 0.4) is 0 Å². The number of hydrogen-bond acceptors (Lipinski definition) is 2. The molecule has 2 nitrogen and oxygen atoms in total. The van der Waals surface area contributed by atoms with Crippen molar-refractivity contribution in [1.29, 1.82) is 0 Å². The molecular weight excluding hydrogens is 192 g/mol. The summed E-state index contributed by atoms with van der Waals surface area (Å²) in [6.07, 6.45) is 0. The zero-order chi connectivity index (χ0) is 5.21. The fraction of sp³-hybridized carbons (Fsp3) is 0.500. The van der Waals surface area contributed by atoms with E-state index in [0.717, 1.165) is 0 Å². The molecule has 7 heavy (non-hydrogen) atoms. The summed E-state index contributed by atoms with van der Waals surface area (Å²) >= 11 is 9.47. The molecule has 0 fully saturated rings. The number of rotatable bonds is 1. The van der Waals surface area contributed by atoms with Crippen molar-refractivity contribution in [3.8, 4) is 0 Å². The minimum absolute atomic E-state index is 0. The van der Waals surface area contributed by atoms with Crippen LogP contribution in [0, 0.1) is 6.61 Å². The van der Waals surface area contributed by atoms with Crippen molar-refractivity contribution >= 4 is 23.2 Å². The van der Waals surface area contributed by atoms with Crippen molar-refractivity contribution in [2.45, 2.75) is 4.52 Å². The molecule has 0 aromatic rings. The Hall–Kier alpha value is 1.12. The van der Waals surface area contributed by atoms with Crippen LogP contribution < -0.4 is 0 Å². The van der Waals surface area contributed by atoms with Crippen molar-refractivity contribution in [2.24, 2.45) is 0 Å². The molecule has 0 rings (SSSR count). The monoisotopic (exact) mass is 193 g/mol. The van der Waals surface area contributed by atoms with Crippen molar-refractivity contribution in [3.63, 3.8) is 0 Å². The van der Waals surface area contributed by atoms with Crippen molar-refractivity contribution in [2.75, 3.05) is 0 Å². The molecule has 0 saturated carbocycles. The average molecular weight is 195 g/mol. The molecule has 2 N–H and O–H groups in total. The second kappa shape index (κ2) is 4.05. The third kappa shape index (κ3) is 11.0. The van der Waals surface area contributed by atoms with Gasteiger partial charge in [-0.1, -0.05) is 0 Å². The van der Waals surface area contributed by atoms with Crippen LogP contribution >= 0.6 is 23.2 Å². The maximum absolute atomic E-state index is 8.05. The minimum Gasteiger partial charge on any atom is -0.561 e. The van der Waals surface area contributed by atoms with Crippen LogP contribution in [0.2, 0.25) is 0 Å². The van der Waals surface area contributed by atoms with Crippen molar-refractivity contribution in [1.82, 2.24) is 0 Å². The first-order valence-electron chi connectivity index (χ1n) is 1.15. The Labute approximate surface area is 64.2 Å². The SMILES string of the molecule is O[CH-]C(O)(Cl)Cl.[Zn]. The summed E-state index contributed by atoms with van der Waals surface area (Å²) in [6.45, 7) is 0.274. The van der Waals surface area contributed by atoms with Gasteiger partial charge in [0.25, 0.3) is 0 Å². The molecule has 0 saturated heterocycles. The quantitative estimate of drug-likeness (QED) is 0.366. The standard InChI is InChI=1S/C2H3Cl2O2.Zn/c3-2(4,6)1-5;/h1,5-6H;/q-1;. The Morgan fingerprint density at radius 2 is 1.57 bits per heavy atom. The van der Waals surface area contributed by atoms with E-state index in [-0.39, 0.29) is 26.1 Å². The van der Waals surface area contributed by atoms with E-state index in [1.54, 1.807) is 0 Å². The first-order valence-corrected chi connectivity index (χ1v) is 1.90. The number of hydrogen-bond donors (Lipinski definition) is 2. The van der Waals surface area contributed by atoms with Gasteiger partial charge < -0.3 is 10.2 Å². The molecule has 0 aromatic heterocycles. The maximum Gasteiger partial charge on any atom is 0.115 e. The summed E-state index contributed by atoms with van der Waals surface area (Å²) in [6, 6.07) is 0. The normalized spacial score (nSPS) is 10.3. The Morgan fingerprint density at radius 1 is 1.43 bits per heavy atom. The van der Waals surface area contributed by atoms with Gasteiger partial charge in [-0.15, -0.1) is 23.2 Å². The van der Waals surface area contributed by atoms with E-state index < -0.39 is 4.52 Å². The molecular formula is C2H3Cl2O2Zn-. The zero-order valence-electron chi connectivity index (χ0n) is 3.43. The fourth-order valence-electron chi connectivity index (χ4n) is 0. The molecule has 0 bridgehead atoms. The summed E-state index contributed by atoms with van der Waals surface area (Å²) in [5.74, 6) is 0. The molecule has 0 aliphatic heterocycles. The van der Waals surface area contributed by atoms with Gasteiger partial charge in [-0.3, -0.25) is 0 Å². The van der Waals surface area contributed by atoms with E-state index in [2.05, 4.69) is 0 Å². The maximum atomic E-state index is 8.05. The van der Waals surface area contributed by atoms with Gasteiger partial charge in [0, 0.05) is 19.5 Å². The van der Waals surface area contributed by atoms with Crippen LogP contribution in [-0.2, 0) is 19.5 Å². The van der Waals surface area contributed by atoms with Gasteiger partial charge in [-0.25, -0.2) is 0 Å². The molecule has 0 aromatic carbocycles. The van der Waals surface area contributed by atoms with Crippen LogP contribution in [0.15, 0.2) is 0 Å². The van der Waals surface area contributed by atoms with Gasteiger partial charge in [0.1, 0.15) is 4.52 Å². The molecule has 0 unspecified atom stereocenters. The van der Waals surface area contributed by atoms with E-state index in [9.17, 15) is 0 Å². The van der Waals surface area contributed by atoms with E-state index in [1.807, 2.05) is 0 Å². The third-order valence-electron chi connectivity index (χ3n) is 0.155. The third-order valence-corrected chi connectivity index (χ3v) is 0.351. The fourth-order valence-corrected chi connectivity index (χ4v) is 0. The molecule has 0 spiro atoms. The van der Waals surface area contributed by atoms with E-state index in [0.29, 0.717) is 0 Å². The van der Waals surface area contributed by atoms with Crippen molar-refractivity contribution in [3.05, 3.63) is 6.61 Å².